The molecular weight excluding hydrogens is 304 g/mol. The number of hydrogen-bond donors (Lipinski definition) is 2. The van der Waals surface area contributed by atoms with E-state index in [0.717, 1.165) is 33.2 Å². The zero-order chi connectivity index (χ0) is 14.4. The molecule has 21 heavy (non-hydrogen) atoms. The van der Waals surface area contributed by atoms with Crippen LogP contribution in [-0.2, 0) is 11.2 Å². The fourth-order valence-corrected chi connectivity index (χ4v) is 4.72. The highest BCUT2D eigenvalue weighted by Crippen LogP contribution is 2.34. The summed E-state index contributed by atoms with van der Waals surface area (Å²) in [6.07, 6.45) is 2.27. The van der Waals surface area contributed by atoms with E-state index in [2.05, 4.69) is 27.4 Å². The number of carbonyl (C=O) groups excluding carboxylic acids is 1. The number of thioether (sulfide) groups is 1. The molecule has 108 valence electrons. The third kappa shape index (κ3) is 2.30. The van der Waals surface area contributed by atoms with Crippen molar-refractivity contribution in [2.24, 2.45) is 10.7 Å². The second kappa shape index (κ2) is 4.99. The van der Waals surface area contributed by atoms with E-state index in [-0.39, 0.29) is 5.91 Å². The van der Waals surface area contributed by atoms with Gasteiger partial charge >= 0.3 is 0 Å². The van der Waals surface area contributed by atoms with Gasteiger partial charge in [0.1, 0.15) is 16.1 Å². The average Bonchev–Trinajstić information content (AvgIpc) is 3.11. The summed E-state index contributed by atoms with van der Waals surface area (Å²) >= 11 is 3.19. The number of rotatable bonds is 2. The summed E-state index contributed by atoms with van der Waals surface area (Å²) < 4.78 is 1.16. The maximum Gasteiger partial charge on any atom is 0.243 e. The number of aryl methyl sites for hydroxylation is 1. The Kier molecular flexibility index (Phi) is 3.11. The molecular formula is C14H14N4OS2. The minimum atomic E-state index is -0.410. The van der Waals surface area contributed by atoms with Crippen LogP contribution in [0.1, 0.15) is 17.0 Å². The molecule has 0 saturated carbocycles. The number of benzene rings is 1. The smallest absolute Gasteiger partial charge is 0.243 e. The molecule has 0 bridgehead atoms. The average molecular weight is 318 g/mol. The second-order valence-corrected chi connectivity index (χ2v) is 7.23. The van der Waals surface area contributed by atoms with E-state index in [1.54, 1.807) is 23.1 Å². The van der Waals surface area contributed by atoms with Crippen molar-refractivity contribution >= 4 is 50.0 Å². The quantitative estimate of drug-likeness (QED) is 0.887. The molecule has 2 aliphatic heterocycles. The van der Waals surface area contributed by atoms with Crippen molar-refractivity contribution in [1.29, 1.82) is 0 Å². The van der Waals surface area contributed by atoms with Gasteiger partial charge in [0, 0.05) is 18.0 Å². The van der Waals surface area contributed by atoms with Gasteiger partial charge in [-0.05, 0) is 30.5 Å². The Hall–Kier alpha value is -1.60. The highest BCUT2D eigenvalue weighted by Gasteiger charge is 2.25. The molecule has 0 fully saturated rings. The predicted molar refractivity (Wildman–Crippen MR) is 88.4 cm³/mol. The van der Waals surface area contributed by atoms with Crippen molar-refractivity contribution < 1.29 is 4.79 Å². The SMILES string of the molecule is NC(=O)[C@H]1CSC(c2nc3cc4c(cc3s2)NCCC4)=N1. The zero-order valence-corrected chi connectivity index (χ0v) is 12.9. The molecule has 1 aromatic carbocycles. The standard InChI is InChI=1S/C14H14N4OS2/c15-12(19)10-6-20-13(18-10)14-17-9-4-7-2-1-3-16-8(7)5-11(9)21-14/h4-5,10,16H,1-3,6H2,(H2,15,19)/t10-/m1/s1. The van der Waals surface area contributed by atoms with Gasteiger partial charge in [-0.1, -0.05) is 0 Å². The number of aliphatic imine (C=N–C) groups is 1. The zero-order valence-electron chi connectivity index (χ0n) is 11.3. The van der Waals surface area contributed by atoms with Gasteiger partial charge in [0.25, 0.3) is 0 Å². The van der Waals surface area contributed by atoms with E-state index in [0.29, 0.717) is 5.75 Å². The summed E-state index contributed by atoms with van der Waals surface area (Å²) in [6, 6.07) is 3.94. The van der Waals surface area contributed by atoms with E-state index in [1.165, 1.54) is 17.7 Å². The van der Waals surface area contributed by atoms with Crippen molar-refractivity contribution in [3.8, 4) is 0 Å². The van der Waals surface area contributed by atoms with Gasteiger partial charge in [0.15, 0.2) is 0 Å². The number of carbonyl (C=O) groups is 1. The van der Waals surface area contributed by atoms with Crippen LogP contribution < -0.4 is 11.1 Å². The Morgan fingerprint density at radius 2 is 2.33 bits per heavy atom. The molecule has 0 aliphatic carbocycles. The number of anilines is 1. The van der Waals surface area contributed by atoms with Crippen LogP contribution in [0.25, 0.3) is 10.2 Å². The van der Waals surface area contributed by atoms with Gasteiger partial charge < -0.3 is 11.1 Å². The number of fused-ring (bicyclic) bond motifs is 2. The molecule has 2 aromatic rings. The lowest BCUT2D eigenvalue weighted by Gasteiger charge is -2.17. The maximum absolute atomic E-state index is 11.2. The first kappa shape index (κ1) is 13.1. The number of nitrogens with one attached hydrogen (secondary N) is 1. The Labute approximate surface area is 130 Å². The monoisotopic (exact) mass is 318 g/mol. The number of thiazole rings is 1. The summed E-state index contributed by atoms with van der Waals surface area (Å²) in [7, 11) is 0. The van der Waals surface area contributed by atoms with E-state index >= 15 is 0 Å². The van der Waals surface area contributed by atoms with Crippen LogP contribution in [0.3, 0.4) is 0 Å². The minimum Gasteiger partial charge on any atom is -0.385 e. The molecule has 1 aromatic heterocycles. The van der Waals surface area contributed by atoms with Gasteiger partial charge in [-0.25, -0.2) is 4.98 Å². The van der Waals surface area contributed by atoms with Crippen LogP contribution in [0, 0.1) is 0 Å². The van der Waals surface area contributed by atoms with Crippen LogP contribution in [0.4, 0.5) is 5.69 Å². The van der Waals surface area contributed by atoms with Gasteiger partial charge in [0.05, 0.1) is 10.2 Å². The van der Waals surface area contributed by atoms with Crippen LogP contribution in [0.5, 0.6) is 0 Å². The first-order valence-corrected chi connectivity index (χ1v) is 8.68. The molecule has 1 amide bonds. The molecule has 0 saturated heterocycles. The first-order valence-electron chi connectivity index (χ1n) is 6.88. The lowest BCUT2D eigenvalue weighted by atomic mass is 10.0. The van der Waals surface area contributed by atoms with Crippen molar-refractivity contribution in [3.05, 3.63) is 22.7 Å². The second-order valence-electron chi connectivity index (χ2n) is 5.19. The number of hydrogen-bond acceptors (Lipinski definition) is 6. The summed E-state index contributed by atoms with van der Waals surface area (Å²) in [5, 5.41) is 5.17. The molecule has 3 N–H and O–H groups in total. The molecule has 4 rings (SSSR count). The third-order valence-corrected chi connectivity index (χ3v) is 5.92. The Morgan fingerprint density at radius 3 is 3.14 bits per heavy atom. The predicted octanol–water partition coefficient (Wildman–Crippen LogP) is 2.00. The van der Waals surface area contributed by atoms with Gasteiger partial charge in [0.2, 0.25) is 5.91 Å². The summed E-state index contributed by atoms with van der Waals surface area (Å²) in [5.74, 6) is 0.261. The van der Waals surface area contributed by atoms with Crippen molar-refractivity contribution in [3.63, 3.8) is 0 Å². The Bertz CT molecular complexity index is 725. The minimum absolute atomic E-state index is 0.363. The highest BCUT2D eigenvalue weighted by molar-refractivity contribution is 8.15. The van der Waals surface area contributed by atoms with Crippen molar-refractivity contribution in [1.82, 2.24) is 4.98 Å². The molecule has 2 aliphatic rings. The summed E-state index contributed by atoms with van der Waals surface area (Å²) in [5.41, 5.74) is 8.89. The molecule has 0 spiro atoms. The Balaban J connectivity index is 1.74. The number of amides is 1. The topological polar surface area (TPSA) is 80.4 Å². The van der Waals surface area contributed by atoms with E-state index in [9.17, 15) is 4.79 Å². The molecule has 1 atom stereocenters. The fourth-order valence-electron chi connectivity index (χ4n) is 2.62. The van der Waals surface area contributed by atoms with E-state index < -0.39 is 6.04 Å². The molecule has 0 radical (unpaired) electrons. The number of nitrogens with zero attached hydrogens (tertiary/aromatic N) is 2. The van der Waals surface area contributed by atoms with Crippen LogP contribution in [-0.4, -0.2) is 34.3 Å². The highest BCUT2D eigenvalue weighted by atomic mass is 32.2. The molecule has 5 nitrogen and oxygen atoms in total. The van der Waals surface area contributed by atoms with Crippen molar-refractivity contribution in [2.75, 3.05) is 17.6 Å². The van der Waals surface area contributed by atoms with E-state index in [4.69, 9.17) is 5.73 Å². The van der Waals surface area contributed by atoms with Gasteiger partial charge in [-0.3, -0.25) is 9.79 Å². The van der Waals surface area contributed by atoms with E-state index in [1.807, 2.05) is 0 Å². The third-order valence-electron chi connectivity index (χ3n) is 3.71. The maximum atomic E-state index is 11.2. The molecule has 7 heteroatoms. The lowest BCUT2D eigenvalue weighted by molar-refractivity contribution is -0.118. The summed E-state index contributed by atoms with van der Waals surface area (Å²) in [6.45, 7) is 1.03. The first-order chi connectivity index (χ1) is 10.2. The fraction of sp³-hybridized carbons (Fsp3) is 0.357. The molecule has 0 unspecified atom stereocenters. The van der Waals surface area contributed by atoms with Gasteiger partial charge in [-0.2, -0.15) is 0 Å². The largest absolute Gasteiger partial charge is 0.385 e. The van der Waals surface area contributed by atoms with Crippen LogP contribution in [0.2, 0.25) is 0 Å². The van der Waals surface area contributed by atoms with Crippen molar-refractivity contribution in [2.45, 2.75) is 18.9 Å². The van der Waals surface area contributed by atoms with Gasteiger partial charge in [-0.15, -0.1) is 23.1 Å². The Morgan fingerprint density at radius 1 is 1.43 bits per heavy atom. The summed E-state index contributed by atoms with van der Waals surface area (Å²) in [4.78, 5) is 20.3. The lowest BCUT2D eigenvalue weighted by Crippen LogP contribution is -2.26. The number of nitrogens with two attached hydrogens (primary N) is 1. The number of aromatic nitrogens is 1. The van der Waals surface area contributed by atoms with Crippen LogP contribution in [0.15, 0.2) is 17.1 Å². The number of primary amides is 1. The normalized spacial score (nSPS) is 21.0. The van der Waals surface area contributed by atoms with Crippen LogP contribution >= 0.6 is 23.1 Å². The molecule has 3 heterocycles.